The van der Waals surface area contributed by atoms with Crippen molar-refractivity contribution in [3.63, 3.8) is 0 Å². The van der Waals surface area contributed by atoms with Gasteiger partial charge in [-0.15, -0.1) is 0 Å². The van der Waals surface area contributed by atoms with Crippen LogP contribution in [0.15, 0.2) is 18.3 Å². The number of methoxy groups -OCH3 is 1. The van der Waals surface area contributed by atoms with E-state index < -0.39 is 25.2 Å². The zero-order valence-corrected chi connectivity index (χ0v) is 8.95. The van der Waals surface area contributed by atoms with Crippen LogP contribution in [0.3, 0.4) is 0 Å². The topological polar surface area (TPSA) is 48.4 Å². The molecular formula is C10H10F3NO3. The van der Waals surface area contributed by atoms with Crippen LogP contribution in [0.5, 0.6) is 5.75 Å². The fourth-order valence-electron chi connectivity index (χ4n) is 1.09. The Balaban J connectivity index is 2.58. The van der Waals surface area contributed by atoms with Crippen molar-refractivity contribution in [2.75, 3.05) is 20.3 Å². The third-order valence-electron chi connectivity index (χ3n) is 1.75. The smallest absolute Gasteiger partial charge is 0.411 e. The Bertz CT molecular complexity index is 393. The van der Waals surface area contributed by atoms with Crippen molar-refractivity contribution in [1.29, 1.82) is 0 Å². The number of Topliss-reactive ketones (excluding diaryl/α,β-unsaturated/α-hetero) is 1. The van der Waals surface area contributed by atoms with Crippen molar-refractivity contribution in [2.24, 2.45) is 0 Å². The van der Waals surface area contributed by atoms with E-state index >= 15 is 0 Å². The predicted molar refractivity (Wildman–Crippen MR) is 52.0 cm³/mol. The Morgan fingerprint density at radius 1 is 1.47 bits per heavy atom. The molecule has 0 unspecified atom stereocenters. The third-order valence-corrected chi connectivity index (χ3v) is 1.75. The van der Waals surface area contributed by atoms with Crippen LogP contribution in [0.4, 0.5) is 13.2 Å². The maximum atomic E-state index is 11.8. The number of aromatic nitrogens is 1. The van der Waals surface area contributed by atoms with Gasteiger partial charge < -0.3 is 9.47 Å². The molecule has 0 saturated heterocycles. The number of nitrogens with zero attached hydrogens (tertiary/aromatic N) is 1. The van der Waals surface area contributed by atoms with Gasteiger partial charge in [-0.05, 0) is 12.1 Å². The summed E-state index contributed by atoms with van der Waals surface area (Å²) < 4.78 is 44.4. The second kappa shape index (κ2) is 5.62. The van der Waals surface area contributed by atoms with Crippen LogP contribution >= 0.6 is 0 Å². The number of halogens is 3. The lowest BCUT2D eigenvalue weighted by Gasteiger charge is -2.08. The molecule has 0 aliphatic carbocycles. The number of hydrogen-bond acceptors (Lipinski definition) is 4. The first-order valence-corrected chi connectivity index (χ1v) is 4.61. The van der Waals surface area contributed by atoms with Gasteiger partial charge in [0.25, 0.3) is 0 Å². The monoisotopic (exact) mass is 249 g/mol. The van der Waals surface area contributed by atoms with Crippen molar-refractivity contribution in [1.82, 2.24) is 4.98 Å². The molecule has 0 N–H and O–H groups in total. The van der Waals surface area contributed by atoms with E-state index in [4.69, 9.17) is 4.74 Å². The molecular weight excluding hydrogens is 239 g/mol. The Morgan fingerprint density at radius 3 is 2.76 bits per heavy atom. The molecule has 0 aliphatic heterocycles. The summed E-state index contributed by atoms with van der Waals surface area (Å²) in [5.41, 5.74) is -0.0443. The van der Waals surface area contributed by atoms with Crippen LogP contribution in [0, 0.1) is 0 Å². The molecule has 0 fully saturated rings. The summed E-state index contributed by atoms with van der Waals surface area (Å²) in [6.07, 6.45) is -3.10. The number of hydrogen-bond donors (Lipinski definition) is 0. The molecule has 0 atom stereocenters. The standard InChI is InChI=1S/C10H10F3NO3/c1-16-8-3-2-4-14-9(8)7(15)5-17-6-10(11,12)13/h2-4H,5-6H2,1H3. The molecule has 0 saturated carbocycles. The summed E-state index contributed by atoms with van der Waals surface area (Å²) in [6.45, 7) is -2.15. The number of carbonyl (C=O) groups excluding carboxylic acids is 1. The summed E-state index contributed by atoms with van der Waals surface area (Å²) in [7, 11) is 1.34. The number of ether oxygens (including phenoxy) is 2. The largest absolute Gasteiger partial charge is 0.494 e. The summed E-state index contributed by atoms with van der Waals surface area (Å²) >= 11 is 0. The van der Waals surface area contributed by atoms with E-state index in [1.807, 2.05) is 0 Å². The summed E-state index contributed by atoms with van der Waals surface area (Å²) in [5, 5.41) is 0. The summed E-state index contributed by atoms with van der Waals surface area (Å²) in [4.78, 5) is 15.2. The van der Waals surface area contributed by atoms with Gasteiger partial charge in [0.2, 0.25) is 5.78 Å². The van der Waals surface area contributed by atoms with Crippen molar-refractivity contribution in [2.45, 2.75) is 6.18 Å². The zero-order valence-electron chi connectivity index (χ0n) is 8.95. The molecule has 4 nitrogen and oxygen atoms in total. The van der Waals surface area contributed by atoms with Crippen molar-refractivity contribution in [3.8, 4) is 5.75 Å². The van der Waals surface area contributed by atoms with E-state index in [0.29, 0.717) is 0 Å². The summed E-state index contributed by atoms with van der Waals surface area (Å²) in [6, 6.07) is 3.04. The molecule has 0 aromatic carbocycles. The van der Waals surface area contributed by atoms with Crippen LogP contribution in [0.25, 0.3) is 0 Å². The Hall–Kier alpha value is -1.63. The predicted octanol–water partition coefficient (Wildman–Crippen LogP) is 1.85. The van der Waals surface area contributed by atoms with Gasteiger partial charge in [-0.1, -0.05) is 0 Å². The van der Waals surface area contributed by atoms with Gasteiger partial charge in [-0.3, -0.25) is 4.79 Å². The number of ketones is 1. The highest BCUT2D eigenvalue weighted by Gasteiger charge is 2.28. The molecule has 0 bridgehead atoms. The maximum absolute atomic E-state index is 11.8. The lowest BCUT2D eigenvalue weighted by atomic mass is 10.2. The fourth-order valence-corrected chi connectivity index (χ4v) is 1.09. The maximum Gasteiger partial charge on any atom is 0.411 e. The molecule has 94 valence electrons. The summed E-state index contributed by atoms with van der Waals surface area (Å²) in [5.74, 6) is -0.459. The van der Waals surface area contributed by atoms with Crippen LogP contribution in [0.1, 0.15) is 10.5 Å². The quantitative estimate of drug-likeness (QED) is 0.747. The van der Waals surface area contributed by atoms with Crippen LogP contribution in [-0.2, 0) is 4.74 Å². The molecule has 17 heavy (non-hydrogen) atoms. The number of pyridine rings is 1. The van der Waals surface area contributed by atoms with Crippen molar-refractivity contribution < 1.29 is 27.4 Å². The number of alkyl halides is 3. The minimum atomic E-state index is -4.45. The van der Waals surface area contributed by atoms with Crippen LogP contribution < -0.4 is 4.74 Å². The Labute approximate surface area is 95.4 Å². The van der Waals surface area contributed by atoms with Gasteiger partial charge in [0.05, 0.1) is 7.11 Å². The number of rotatable bonds is 5. The first kappa shape index (κ1) is 13.4. The van der Waals surface area contributed by atoms with Gasteiger partial charge in [0.1, 0.15) is 19.0 Å². The molecule has 1 rings (SSSR count). The molecule has 1 heterocycles. The van der Waals surface area contributed by atoms with Gasteiger partial charge in [-0.2, -0.15) is 13.2 Å². The lowest BCUT2D eigenvalue weighted by Crippen LogP contribution is -2.21. The van der Waals surface area contributed by atoms with Crippen LogP contribution in [0.2, 0.25) is 0 Å². The second-order valence-electron chi connectivity index (χ2n) is 3.09. The molecule has 1 aromatic rings. The van der Waals surface area contributed by atoms with E-state index in [-0.39, 0.29) is 11.4 Å². The van der Waals surface area contributed by atoms with Gasteiger partial charge >= 0.3 is 6.18 Å². The lowest BCUT2D eigenvalue weighted by molar-refractivity contribution is -0.170. The molecule has 7 heteroatoms. The second-order valence-corrected chi connectivity index (χ2v) is 3.09. The first-order valence-electron chi connectivity index (χ1n) is 4.61. The van der Waals surface area contributed by atoms with Crippen molar-refractivity contribution >= 4 is 5.78 Å². The average molecular weight is 249 g/mol. The molecule has 0 amide bonds. The minimum absolute atomic E-state index is 0.0443. The molecule has 0 spiro atoms. The van der Waals surface area contributed by atoms with E-state index in [9.17, 15) is 18.0 Å². The normalized spacial score (nSPS) is 11.3. The average Bonchev–Trinajstić information content (AvgIpc) is 2.27. The first-order chi connectivity index (χ1) is 7.94. The van der Waals surface area contributed by atoms with E-state index in [1.165, 1.54) is 19.4 Å². The van der Waals surface area contributed by atoms with E-state index in [1.54, 1.807) is 6.07 Å². The molecule has 0 radical (unpaired) electrons. The Kier molecular flexibility index (Phi) is 4.45. The molecule has 1 aromatic heterocycles. The van der Waals surface area contributed by atoms with E-state index in [0.717, 1.165) is 0 Å². The Morgan fingerprint density at radius 2 is 2.18 bits per heavy atom. The number of carbonyl (C=O) groups is 1. The third kappa shape index (κ3) is 4.39. The minimum Gasteiger partial charge on any atom is -0.494 e. The molecule has 0 aliphatic rings. The van der Waals surface area contributed by atoms with Gasteiger partial charge in [0.15, 0.2) is 5.69 Å². The van der Waals surface area contributed by atoms with Gasteiger partial charge in [0, 0.05) is 6.20 Å². The van der Waals surface area contributed by atoms with Gasteiger partial charge in [-0.25, -0.2) is 4.98 Å². The highest BCUT2D eigenvalue weighted by molar-refractivity contribution is 5.97. The SMILES string of the molecule is COc1cccnc1C(=O)COCC(F)(F)F. The fraction of sp³-hybridized carbons (Fsp3) is 0.400. The van der Waals surface area contributed by atoms with Crippen molar-refractivity contribution in [3.05, 3.63) is 24.0 Å². The highest BCUT2D eigenvalue weighted by Crippen LogP contribution is 2.17. The van der Waals surface area contributed by atoms with Crippen LogP contribution in [-0.4, -0.2) is 37.3 Å². The van der Waals surface area contributed by atoms with E-state index in [2.05, 4.69) is 9.72 Å². The zero-order chi connectivity index (χ0) is 12.9. The highest BCUT2D eigenvalue weighted by atomic mass is 19.4.